The molecule has 2 aromatic carbocycles. The van der Waals surface area contributed by atoms with Gasteiger partial charge in [0.15, 0.2) is 0 Å². The number of benzene rings is 2. The first-order valence-corrected chi connectivity index (χ1v) is 7.72. The molecule has 0 amide bonds. The van der Waals surface area contributed by atoms with Crippen LogP contribution in [-0.2, 0) is 6.54 Å². The van der Waals surface area contributed by atoms with Crippen LogP contribution in [0.5, 0.6) is 0 Å². The standard InChI is InChI=1S/C19H24N2/c1-13-5-7-17(8-6-13)12-21-16(4)11-20-18-9-14(2)15(3)10-19(18)21/h5-10,16,20H,11-12H2,1-4H3. The van der Waals surface area contributed by atoms with E-state index in [1.165, 1.54) is 33.6 Å². The molecule has 0 aromatic heterocycles. The number of fused-ring (bicyclic) bond motifs is 1. The van der Waals surface area contributed by atoms with E-state index < -0.39 is 0 Å². The highest BCUT2D eigenvalue weighted by molar-refractivity contribution is 5.74. The van der Waals surface area contributed by atoms with Gasteiger partial charge in [-0.1, -0.05) is 29.8 Å². The Labute approximate surface area is 127 Å². The molecule has 1 N–H and O–H groups in total. The largest absolute Gasteiger partial charge is 0.381 e. The third kappa shape index (κ3) is 2.76. The number of hydrogen-bond donors (Lipinski definition) is 1. The Hall–Kier alpha value is -1.96. The van der Waals surface area contributed by atoms with Crippen LogP contribution < -0.4 is 10.2 Å². The van der Waals surface area contributed by atoms with Crippen LogP contribution in [0.2, 0.25) is 0 Å². The molecular formula is C19H24N2. The maximum atomic E-state index is 3.56. The fourth-order valence-electron chi connectivity index (χ4n) is 2.92. The zero-order chi connectivity index (χ0) is 15.0. The van der Waals surface area contributed by atoms with Crippen LogP contribution in [0.1, 0.15) is 29.2 Å². The number of rotatable bonds is 2. The van der Waals surface area contributed by atoms with Crippen LogP contribution in [-0.4, -0.2) is 12.6 Å². The molecule has 110 valence electrons. The number of nitrogens with one attached hydrogen (secondary N) is 1. The lowest BCUT2D eigenvalue weighted by atomic mass is 10.0. The van der Waals surface area contributed by atoms with E-state index in [1.54, 1.807) is 0 Å². The first-order valence-electron chi connectivity index (χ1n) is 7.72. The Morgan fingerprint density at radius 2 is 1.71 bits per heavy atom. The van der Waals surface area contributed by atoms with Crippen molar-refractivity contribution in [2.45, 2.75) is 40.3 Å². The molecule has 2 heteroatoms. The molecule has 1 atom stereocenters. The highest BCUT2D eigenvalue weighted by Gasteiger charge is 2.23. The number of nitrogens with zero attached hydrogens (tertiary/aromatic N) is 1. The quantitative estimate of drug-likeness (QED) is 0.875. The van der Waals surface area contributed by atoms with Crippen molar-refractivity contribution in [3.63, 3.8) is 0 Å². The van der Waals surface area contributed by atoms with Gasteiger partial charge < -0.3 is 10.2 Å². The van der Waals surface area contributed by atoms with Gasteiger partial charge in [-0.25, -0.2) is 0 Å². The molecule has 3 rings (SSSR count). The Bertz CT molecular complexity index is 643. The van der Waals surface area contributed by atoms with E-state index in [0.717, 1.165) is 13.1 Å². The summed E-state index contributed by atoms with van der Waals surface area (Å²) in [7, 11) is 0. The van der Waals surface area contributed by atoms with E-state index in [2.05, 4.69) is 74.3 Å². The summed E-state index contributed by atoms with van der Waals surface area (Å²) in [6.45, 7) is 10.8. The molecule has 1 heterocycles. The smallest absolute Gasteiger partial charge is 0.0610 e. The summed E-state index contributed by atoms with van der Waals surface area (Å²) in [4.78, 5) is 2.52. The molecule has 0 aliphatic carbocycles. The predicted molar refractivity (Wildman–Crippen MR) is 91.2 cm³/mol. The van der Waals surface area contributed by atoms with Gasteiger partial charge in [0.2, 0.25) is 0 Å². The Morgan fingerprint density at radius 1 is 1.05 bits per heavy atom. The maximum Gasteiger partial charge on any atom is 0.0610 e. The van der Waals surface area contributed by atoms with Crippen LogP contribution >= 0.6 is 0 Å². The van der Waals surface area contributed by atoms with Gasteiger partial charge in [0, 0.05) is 19.1 Å². The summed E-state index contributed by atoms with van der Waals surface area (Å²) in [5.41, 5.74) is 8.00. The SMILES string of the molecule is Cc1ccc(CN2c3cc(C)c(C)cc3NCC2C)cc1. The monoisotopic (exact) mass is 280 g/mol. The molecule has 1 aliphatic rings. The molecule has 1 aliphatic heterocycles. The van der Waals surface area contributed by atoms with Crippen LogP contribution in [0.4, 0.5) is 11.4 Å². The molecular weight excluding hydrogens is 256 g/mol. The summed E-state index contributed by atoms with van der Waals surface area (Å²) in [5.74, 6) is 0. The minimum atomic E-state index is 0.501. The minimum absolute atomic E-state index is 0.501. The van der Waals surface area contributed by atoms with Gasteiger partial charge in [-0.15, -0.1) is 0 Å². The Balaban J connectivity index is 1.95. The Kier molecular flexibility index (Phi) is 3.62. The maximum absolute atomic E-state index is 3.56. The zero-order valence-corrected chi connectivity index (χ0v) is 13.4. The Morgan fingerprint density at radius 3 is 2.43 bits per heavy atom. The van der Waals surface area contributed by atoms with E-state index in [1.807, 2.05) is 0 Å². The molecule has 1 unspecified atom stereocenters. The van der Waals surface area contributed by atoms with Crippen LogP contribution in [0.15, 0.2) is 36.4 Å². The summed E-state index contributed by atoms with van der Waals surface area (Å²) in [6.07, 6.45) is 0. The summed E-state index contributed by atoms with van der Waals surface area (Å²) >= 11 is 0. The fraction of sp³-hybridized carbons (Fsp3) is 0.368. The molecule has 0 spiro atoms. The second-order valence-electron chi connectivity index (χ2n) is 6.30. The van der Waals surface area contributed by atoms with E-state index in [4.69, 9.17) is 0 Å². The van der Waals surface area contributed by atoms with Gasteiger partial charge in [-0.2, -0.15) is 0 Å². The second-order valence-corrected chi connectivity index (χ2v) is 6.30. The third-order valence-corrected chi connectivity index (χ3v) is 4.51. The van der Waals surface area contributed by atoms with Gasteiger partial charge in [0.05, 0.1) is 11.4 Å². The lowest BCUT2D eigenvalue weighted by molar-refractivity contribution is 0.641. The molecule has 0 saturated heterocycles. The summed E-state index contributed by atoms with van der Waals surface area (Å²) in [6, 6.07) is 14.0. The van der Waals surface area contributed by atoms with Crippen LogP contribution in [0.3, 0.4) is 0 Å². The number of aryl methyl sites for hydroxylation is 3. The summed E-state index contributed by atoms with van der Waals surface area (Å²) < 4.78 is 0. The lowest BCUT2D eigenvalue weighted by Gasteiger charge is -2.38. The molecule has 2 aromatic rings. The molecule has 0 fully saturated rings. The van der Waals surface area contributed by atoms with Crippen molar-refractivity contribution in [1.82, 2.24) is 0 Å². The van der Waals surface area contributed by atoms with E-state index in [9.17, 15) is 0 Å². The van der Waals surface area contributed by atoms with E-state index in [0.29, 0.717) is 6.04 Å². The van der Waals surface area contributed by atoms with Crippen LogP contribution in [0, 0.1) is 20.8 Å². The van der Waals surface area contributed by atoms with Crippen molar-refractivity contribution in [2.24, 2.45) is 0 Å². The van der Waals surface area contributed by atoms with Crippen LogP contribution in [0.25, 0.3) is 0 Å². The predicted octanol–water partition coefficient (Wildman–Crippen LogP) is 4.43. The topological polar surface area (TPSA) is 15.3 Å². The molecule has 21 heavy (non-hydrogen) atoms. The normalized spacial score (nSPS) is 17.3. The zero-order valence-electron chi connectivity index (χ0n) is 13.4. The molecule has 0 bridgehead atoms. The first kappa shape index (κ1) is 14.0. The number of anilines is 2. The molecule has 0 radical (unpaired) electrons. The summed E-state index contributed by atoms with van der Waals surface area (Å²) in [5, 5.41) is 3.56. The lowest BCUT2D eigenvalue weighted by Crippen LogP contribution is -2.41. The van der Waals surface area contributed by atoms with Gasteiger partial charge in [0.1, 0.15) is 0 Å². The van der Waals surface area contributed by atoms with Crippen molar-refractivity contribution in [3.8, 4) is 0 Å². The first-order chi connectivity index (χ1) is 10.0. The molecule has 2 nitrogen and oxygen atoms in total. The fourth-order valence-corrected chi connectivity index (χ4v) is 2.92. The van der Waals surface area contributed by atoms with E-state index >= 15 is 0 Å². The average molecular weight is 280 g/mol. The van der Waals surface area contributed by atoms with Crippen molar-refractivity contribution in [2.75, 3.05) is 16.8 Å². The highest BCUT2D eigenvalue weighted by atomic mass is 15.2. The second kappa shape index (κ2) is 5.44. The highest BCUT2D eigenvalue weighted by Crippen LogP contribution is 2.35. The van der Waals surface area contributed by atoms with E-state index in [-0.39, 0.29) is 0 Å². The van der Waals surface area contributed by atoms with Gasteiger partial charge in [0.25, 0.3) is 0 Å². The van der Waals surface area contributed by atoms with Gasteiger partial charge in [-0.3, -0.25) is 0 Å². The molecule has 0 saturated carbocycles. The van der Waals surface area contributed by atoms with Gasteiger partial charge >= 0.3 is 0 Å². The number of hydrogen-bond acceptors (Lipinski definition) is 2. The van der Waals surface area contributed by atoms with Crippen molar-refractivity contribution < 1.29 is 0 Å². The third-order valence-electron chi connectivity index (χ3n) is 4.51. The van der Waals surface area contributed by atoms with Crippen molar-refractivity contribution in [3.05, 3.63) is 58.7 Å². The minimum Gasteiger partial charge on any atom is -0.381 e. The van der Waals surface area contributed by atoms with Gasteiger partial charge in [-0.05, 0) is 56.5 Å². The van der Waals surface area contributed by atoms with Crippen molar-refractivity contribution >= 4 is 11.4 Å². The van der Waals surface area contributed by atoms with Crippen molar-refractivity contribution in [1.29, 1.82) is 0 Å². The average Bonchev–Trinajstić information content (AvgIpc) is 2.46.